The Morgan fingerprint density at radius 2 is 1.92 bits per heavy atom. The molecule has 0 bridgehead atoms. The van der Waals surface area contributed by atoms with Gasteiger partial charge in [0.2, 0.25) is 11.8 Å². The number of hydrogen-bond donors (Lipinski definition) is 1. The van der Waals surface area contributed by atoms with Gasteiger partial charge in [-0.2, -0.15) is 0 Å². The smallest absolute Gasteiger partial charge is 0.227 e. The van der Waals surface area contributed by atoms with Crippen LogP contribution in [0.5, 0.6) is 0 Å². The van der Waals surface area contributed by atoms with E-state index in [0.717, 1.165) is 24.9 Å². The van der Waals surface area contributed by atoms with Crippen LogP contribution in [0.4, 0.5) is 0 Å². The van der Waals surface area contributed by atoms with E-state index in [-0.39, 0.29) is 11.8 Å². The number of nitrogens with zero attached hydrogens (tertiary/aromatic N) is 1. The number of nitrogens with one attached hydrogen (secondary N) is 1. The van der Waals surface area contributed by atoms with E-state index in [4.69, 9.17) is 0 Å². The second-order valence-corrected chi connectivity index (χ2v) is 7.75. The van der Waals surface area contributed by atoms with E-state index in [1.54, 1.807) is 0 Å². The summed E-state index contributed by atoms with van der Waals surface area (Å²) in [6.45, 7) is 9.96. The van der Waals surface area contributed by atoms with E-state index < -0.39 is 5.41 Å². The number of rotatable bonds is 5. The third-order valence-electron chi connectivity index (χ3n) is 4.75. The van der Waals surface area contributed by atoms with E-state index in [1.165, 1.54) is 5.56 Å². The number of piperidine rings is 1. The predicted octanol–water partition coefficient (Wildman–Crippen LogP) is 3.29. The first-order chi connectivity index (χ1) is 11.3. The molecule has 0 saturated carbocycles. The topological polar surface area (TPSA) is 49.4 Å². The predicted molar refractivity (Wildman–Crippen MR) is 96.4 cm³/mol. The quantitative estimate of drug-likeness (QED) is 0.900. The molecule has 1 atom stereocenters. The molecule has 1 aliphatic heterocycles. The normalized spacial score (nSPS) is 21.0. The molecule has 0 aliphatic carbocycles. The molecule has 2 rings (SSSR count). The molecule has 1 unspecified atom stereocenters. The van der Waals surface area contributed by atoms with Crippen molar-refractivity contribution in [1.29, 1.82) is 0 Å². The first-order valence-corrected chi connectivity index (χ1v) is 8.92. The second kappa shape index (κ2) is 7.82. The van der Waals surface area contributed by atoms with Crippen LogP contribution in [0.15, 0.2) is 24.3 Å². The zero-order chi connectivity index (χ0) is 17.7. The van der Waals surface area contributed by atoms with E-state index in [9.17, 15) is 9.59 Å². The van der Waals surface area contributed by atoms with Gasteiger partial charge in [-0.15, -0.1) is 0 Å². The number of amides is 2. The highest BCUT2D eigenvalue weighted by molar-refractivity contribution is 5.84. The van der Waals surface area contributed by atoms with Crippen molar-refractivity contribution < 1.29 is 9.59 Å². The van der Waals surface area contributed by atoms with Crippen LogP contribution in [0, 0.1) is 18.3 Å². The monoisotopic (exact) mass is 330 g/mol. The molecule has 0 spiro atoms. The minimum absolute atomic E-state index is 0.0464. The average Bonchev–Trinajstić information content (AvgIpc) is 2.53. The van der Waals surface area contributed by atoms with Gasteiger partial charge in [0.05, 0.1) is 5.41 Å². The van der Waals surface area contributed by atoms with Gasteiger partial charge >= 0.3 is 0 Å². The zero-order valence-corrected chi connectivity index (χ0v) is 15.4. The molecule has 1 aromatic rings. The fraction of sp³-hybridized carbons (Fsp3) is 0.600. The Kier molecular flexibility index (Phi) is 6.03. The SMILES string of the molecule is Cc1ccc(CNC(=O)C2(C)CCCN(C(=O)CC(C)C)C2)cc1. The van der Waals surface area contributed by atoms with Crippen molar-refractivity contribution in [3.05, 3.63) is 35.4 Å². The fourth-order valence-electron chi connectivity index (χ4n) is 3.22. The Morgan fingerprint density at radius 1 is 1.25 bits per heavy atom. The molecule has 1 aromatic carbocycles. The lowest BCUT2D eigenvalue weighted by molar-refractivity contribution is -0.141. The van der Waals surface area contributed by atoms with Crippen LogP contribution in [0.3, 0.4) is 0 Å². The van der Waals surface area contributed by atoms with Crippen molar-refractivity contribution in [1.82, 2.24) is 10.2 Å². The summed E-state index contributed by atoms with van der Waals surface area (Å²) in [7, 11) is 0. The van der Waals surface area contributed by atoms with E-state index in [1.807, 2.05) is 30.9 Å². The molecular weight excluding hydrogens is 300 g/mol. The van der Waals surface area contributed by atoms with Gasteiger partial charge in [0.1, 0.15) is 0 Å². The molecule has 4 heteroatoms. The maximum atomic E-state index is 12.7. The molecule has 2 amide bonds. The largest absolute Gasteiger partial charge is 0.351 e. The van der Waals surface area contributed by atoms with Crippen LogP contribution in [0.1, 0.15) is 51.2 Å². The van der Waals surface area contributed by atoms with Crippen LogP contribution in [0.25, 0.3) is 0 Å². The van der Waals surface area contributed by atoms with Crippen molar-refractivity contribution >= 4 is 11.8 Å². The molecule has 4 nitrogen and oxygen atoms in total. The molecular formula is C20H30N2O2. The molecule has 0 aromatic heterocycles. The summed E-state index contributed by atoms with van der Waals surface area (Å²) in [5.74, 6) is 0.563. The Bertz CT molecular complexity index is 580. The number of hydrogen-bond acceptors (Lipinski definition) is 2. The number of likely N-dealkylation sites (tertiary alicyclic amines) is 1. The highest BCUT2D eigenvalue weighted by atomic mass is 16.2. The summed E-state index contributed by atoms with van der Waals surface area (Å²) >= 11 is 0. The van der Waals surface area contributed by atoms with Gasteiger partial charge in [-0.05, 0) is 38.2 Å². The van der Waals surface area contributed by atoms with Crippen molar-refractivity contribution in [3.8, 4) is 0 Å². The van der Waals surface area contributed by atoms with Gasteiger partial charge in [0.15, 0.2) is 0 Å². The highest BCUT2D eigenvalue weighted by Crippen LogP contribution is 2.30. The Hall–Kier alpha value is -1.84. The summed E-state index contributed by atoms with van der Waals surface area (Å²) in [4.78, 5) is 26.9. The minimum atomic E-state index is -0.490. The molecule has 132 valence electrons. The van der Waals surface area contributed by atoms with Gasteiger partial charge in [0.25, 0.3) is 0 Å². The van der Waals surface area contributed by atoms with E-state index >= 15 is 0 Å². The van der Waals surface area contributed by atoms with Gasteiger partial charge in [-0.25, -0.2) is 0 Å². The van der Waals surface area contributed by atoms with Crippen LogP contribution >= 0.6 is 0 Å². The number of benzene rings is 1. The van der Waals surface area contributed by atoms with Gasteiger partial charge in [0, 0.05) is 26.1 Å². The standard InChI is InChI=1S/C20H30N2O2/c1-15(2)12-18(23)22-11-5-10-20(4,14-22)19(24)21-13-17-8-6-16(3)7-9-17/h6-9,15H,5,10-14H2,1-4H3,(H,21,24). The summed E-state index contributed by atoms with van der Waals surface area (Å²) in [5, 5.41) is 3.05. The van der Waals surface area contributed by atoms with Gasteiger partial charge in [-0.1, -0.05) is 43.7 Å². The van der Waals surface area contributed by atoms with Crippen molar-refractivity contribution in [2.45, 2.75) is 53.5 Å². The zero-order valence-electron chi connectivity index (χ0n) is 15.4. The fourth-order valence-corrected chi connectivity index (χ4v) is 3.22. The second-order valence-electron chi connectivity index (χ2n) is 7.75. The maximum absolute atomic E-state index is 12.7. The third kappa shape index (κ3) is 4.83. The maximum Gasteiger partial charge on any atom is 0.227 e. The molecule has 1 N–H and O–H groups in total. The van der Waals surface area contributed by atoms with Crippen LogP contribution in [-0.2, 0) is 16.1 Å². The number of carbonyl (C=O) groups is 2. The van der Waals surface area contributed by atoms with Crippen molar-refractivity contribution in [3.63, 3.8) is 0 Å². The first kappa shape index (κ1) is 18.5. The summed E-state index contributed by atoms with van der Waals surface area (Å²) < 4.78 is 0. The molecule has 1 saturated heterocycles. The lowest BCUT2D eigenvalue weighted by Gasteiger charge is -2.39. The minimum Gasteiger partial charge on any atom is -0.351 e. The Balaban J connectivity index is 1.94. The highest BCUT2D eigenvalue weighted by Gasteiger charge is 2.39. The number of carbonyl (C=O) groups excluding carboxylic acids is 2. The Morgan fingerprint density at radius 3 is 2.54 bits per heavy atom. The lowest BCUT2D eigenvalue weighted by Crippen LogP contribution is -2.51. The van der Waals surface area contributed by atoms with Crippen molar-refractivity contribution in [2.75, 3.05) is 13.1 Å². The summed E-state index contributed by atoms with van der Waals surface area (Å²) in [5.41, 5.74) is 1.82. The van der Waals surface area contributed by atoms with E-state index in [0.29, 0.717) is 25.4 Å². The van der Waals surface area contributed by atoms with E-state index in [2.05, 4.69) is 31.3 Å². The molecule has 24 heavy (non-hydrogen) atoms. The molecule has 0 radical (unpaired) electrons. The lowest BCUT2D eigenvalue weighted by atomic mass is 9.80. The first-order valence-electron chi connectivity index (χ1n) is 8.92. The Labute approximate surface area is 145 Å². The van der Waals surface area contributed by atoms with Crippen molar-refractivity contribution in [2.24, 2.45) is 11.3 Å². The van der Waals surface area contributed by atoms with Gasteiger partial charge < -0.3 is 10.2 Å². The third-order valence-corrected chi connectivity index (χ3v) is 4.75. The van der Waals surface area contributed by atoms with Gasteiger partial charge in [-0.3, -0.25) is 9.59 Å². The van der Waals surface area contributed by atoms with Crippen LogP contribution in [-0.4, -0.2) is 29.8 Å². The summed E-state index contributed by atoms with van der Waals surface area (Å²) in [6.07, 6.45) is 2.28. The number of aryl methyl sites for hydroxylation is 1. The molecule has 1 fully saturated rings. The van der Waals surface area contributed by atoms with Crippen LogP contribution in [0.2, 0.25) is 0 Å². The summed E-state index contributed by atoms with van der Waals surface area (Å²) in [6, 6.07) is 8.18. The molecule has 1 heterocycles. The molecule has 1 aliphatic rings. The van der Waals surface area contributed by atoms with Crippen LogP contribution < -0.4 is 5.32 Å². The average molecular weight is 330 g/mol.